The van der Waals surface area contributed by atoms with Gasteiger partial charge in [0.2, 0.25) is 0 Å². The van der Waals surface area contributed by atoms with Crippen molar-refractivity contribution < 1.29 is 9.90 Å². The number of rotatable bonds is 9. The molecule has 1 aromatic rings. The Balaban J connectivity index is 2.91. The van der Waals surface area contributed by atoms with Crippen LogP contribution >= 0.6 is 11.8 Å². The van der Waals surface area contributed by atoms with Crippen molar-refractivity contribution in [1.29, 1.82) is 0 Å². The van der Waals surface area contributed by atoms with Gasteiger partial charge in [-0.15, -0.1) is 0 Å². The highest BCUT2D eigenvalue weighted by Gasteiger charge is 2.39. The number of carbonyl (C=O) groups is 1. The van der Waals surface area contributed by atoms with Crippen molar-refractivity contribution >= 4 is 17.7 Å². The van der Waals surface area contributed by atoms with Crippen LogP contribution in [0.5, 0.6) is 0 Å². The molecule has 1 rings (SSSR count). The van der Waals surface area contributed by atoms with E-state index in [1.165, 1.54) is 0 Å². The highest BCUT2D eigenvalue weighted by Crippen LogP contribution is 2.27. The third kappa shape index (κ3) is 4.25. The molecule has 0 fully saturated rings. The zero-order valence-electron chi connectivity index (χ0n) is 11.7. The summed E-state index contributed by atoms with van der Waals surface area (Å²) in [6, 6.07) is 9.46. The number of aliphatic carboxylic acids is 1. The van der Waals surface area contributed by atoms with E-state index in [1.54, 1.807) is 11.8 Å². The zero-order valence-corrected chi connectivity index (χ0v) is 12.5. The van der Waals surface area contributed by atoms with Gasteiger partial charge in [0, 0.05) is 5.75 Å². The standard InChI is InChI=1S/C15H23NO2S/c1-3-5-11-19-12-15(14(17)18,16-4-2)13-9-7-6-8-10-13/h6-10,16H,3-5,11-12H2,1-2H3,(H,17,18). The molecule has 0 spiro atoms. The molecule has 0 heterocycles. The second kappa shape index (κ2) is 8.23. The Labute approximate surface area is 119 Å². The lowest BCUT2D eigenvalue weighted by Gasteiger charge is -2.30. The summed E-state index contributed by atoms with van der Waals surface area (Å²) >= 11 is 1.70. The number of hydrogen-bond acceptors (Lipinski definition) is 3. The molecule has 0 saturated carbocycles. The second-order valence-corrected chi connectivity index (χ2v) is 5.62. The SMILES string of the molecule is CCCCSCC(NCC)(C(=O)O)c1ccccc1. The maximum Gasteiger partial charge on any atom is 0.329 e. The molecule has 0 aliphatic heterocycles. The van der Waals surface area contributed by atoms with Crippen molar-refractivity contribution in [2.75, 3.05) is 18.1 Å². The lowest BCUT2D eigenvalue weighted by atomic mass is 9.92. The van der Waals surface area contributed by atoms with E-state index in [0.29, 0.717) is 12.3 Å². The van der Waals surface area contributed by atoms with Crippen molar-refractivity contribution in [2.24, 2.45) is 0 Å². The quantitative estimate of drug-likeness (QED) is 0.683. The number of thioether (sulfide) groups is 1. The van der Waals surface area contributed by atoms with Crippen LogP contribution in [0.3, 0.4) is 0 Å². The van der Waals surface area contributed by atoms with Gasteiger partial charge in [-0.25, -0.2) is 4.79 Å². The molecular formula is C15H23NO2S. The van der Waals surface area contributed by atoms with Crippen molar-refractivity contribution in [3.63, 3.8) is 0 Å². The van der Waals surface area contributed by atoms with E-state index in [4.69, 9.17) is 0 Å². The van der Waals surface area contributed by atoms with Gasteiger partial charge in [-0.05, 0) is 24.3 Å². The highest BCUT2D eigenvalue weighted by molar-refractivity contribution is 7.99. The molecule has 4 heteroatoms. The number of carboxylic acid groups (broad SMARTS) is 1. The normalized spacial score (nSPS) is 14.0. The van der Waals surface area contributed by atoms with E-state index < -0.39 is 11.5 Å². The second-order valence-electron chi connectivity index (χ2n) is 4.51. The summed E-state index contributed by atoms with van der Waals surface area (Å²) in [5.41, 5.74) is -0.151. The average Bonchev–Trinajstić information content (AvgIpc) is 2.43. The molecule has 0 aliphatic rings. The summed E-state index contributed by atoms with van der Waals surface area (Å²) < 4.78 is 0. The van der Waals surface area contributed by atoms with Crippen LogP contribution in [-0.4, -0.2) is 29.1 Å². The minimum absolute atomic E-state index is 0.556. The predicted molar refractivity (Wildman–Crippen MR) is 81.7 cm³/mol. The van der Waals surface area contributed by atoms with Gasteiger partial charge in [-0.1, -0.05) is 50.6 Å². The van der Waals surface area contributed by atoms with Gasteiger partial charge in [0.15, 0.2) is 5.54 Å². The van der Waals surface area contributed by atoms with E-state index >= 15 is 0 Å². The smallest absolute Gasteiger partial charge is 0.329 e. The van der Waals surface area contributed by atoms with Gasteiger partial charge in [-0.2, -0.15) is 11.8 Å². The van der Waals surface area contributed by atoms with E-state index in [0.717, 1.165) is 24.2 Å². The number of benzene rings is 1. The van der Waals surface area contributed by atoms with Crippen LogP contribution in [0.25, 0.3) is 0 Å². The van der Waals surface area contributed by atoms with Crippen molar-refractivity contribution in [2.45, 2.75) is 32.2 Å². The zero-order chi connectivity index (χ0) is 14.1. The molecule has 2 N–H and O–H groups in total. The van der Waals surface area contributed by atoms with Crippen molar-refractivity contribution in [1.82, 2.24) is 5.32 Å². The number of likely N-dealkylation sites (N-methyl/N-ethyl adjacent to an activating group) is 1. The fraction of sp³-hybridized carbons (Fsp3) is 0.533. The maximum absolute atomic E-state index is 11.8. The maximum atomic E-state index is 11.8. The Morgan fingerprint density at radius 3 is 2.53 bits per heavy atom. The summed E-state index contributed by atoms with van der Waals surface area (Å²) in [5, 5.41) is 12.9. The summed E-state index contributed by atoms with van der Waals surface area (Å²) in [4.78, 5) is 11.8. The fourth-order valence-corrected chi connectivity index (χ4v) is 3.33. The third-order valence-corrected chi connectivity index (χ3v) is 4.29. The Bertz CT molecular complexity index is 383. The largest absolute Gasteiger partial charge is 0.480 e. The lowest BCUT2D eigenvalue weighted by molar-refractivity contribution is -0.144. The number of nitrogens with one attached hydrogen (secondary N) is 1. The summed E-state index contributed by atoms with van der Waals surface area (Å²) in [6.07, 6.45) is 2.26. The van der Waals surface area contributed by atoms with E-state index in [-0.39, 0.29) is 0 Å². The molecule has 106 valence electrons. The van der Waals surface area contributed by atoms with Gasteiger partial charge in [-0.3, -0.25) is 5.32 Å². The fourth-order valence-electron chi connectivity index (χ4n) is 1.99. The minimum atomic E-state index is -0.978. The van der Waals surface area contributed by atoms with Gasteiger partial charge < -0.3 is 5.11 Å². The van der Waals surface area contributed by atoms with Crippen LogP contribution < -0.4 is 5.32 Å². The number of hydrogen-bond donors (Lipinski definition) is 2. The molecule has 1 aromatic carbocycles. The van der Waals surface area contributed by atoms with Crippen LogP contribution in [0.1, 0.15) is 32.3 Å². The molecule has 19 heavy (non-hydrogen) atoms. The van der Waals surface area contributed by atoms with E-state index in [9.17, 15) is 9.90 Å². The van der Waals surface area contributed by atoms with E-state index in [2.05, 4.69) is 12.2 Å². The molecule has 3 nitrogen and oxygen atoms in total. The van der Waals surface area contributed by atoms with Gasteiger partial charge in [0.25, 0.3) is 0 Å². The van der Waals surface area contributed by atoms with Crippen LogP contribution in [0.15, 0.2) is 30.3 Å². The summed E-state index contributed by atoms with van der Waals surface area (Å²) in [7, 11) is 0. The van der Waals surface area contributed by atoms with Crippen molar-refractivity contribution in [3.8, 4) is 0 Å². The summed E-state index contributed by atoms with van der Waals surface area (Å²) in [6.45, 7) is 4.72. The minimum Gasteiger partial charge on any atom is -0.480 e. The monoisotopic (exact) mass is 281 g/mol. The number of unbranched alkanes of at least 4 members (excludes halogenated alkanes) is 1. The summed E-state index contributed by atoms with van der Waals surface area (Å²) in [5.74, 6) is 0.758. The predicted octanol–water partition coefficient (Wildman–Crippen LogP) is 3.11. The van der Waals surface area contributed by atoms with Crippen LogP contribution in [0.2, 0.25) is 0 Å². The molecule has 0 aliphatic carbocycles. The first-order valence-electron chi connectivity index (χ1n) is 6.79. The van der Waals surface area contributed by atoms with Gasteiger partial charge in [0.05, 0.1) is 0 Å². The average molecular weight is 281 g/mol. The van der Waals surface area contributed by atoms with Crippen LogP contribution in [0.4, 0.5) is 0 Å². The highest BCUT2D eigenvalue weighted by atomic mass is 32.2. The molecule has 0 bridgehead atoms. The first-order valence-corrected chi connectivity index (χ1v) is 7.94. The van der Waals surface area contributed by atoms with Crippen LogP contribution in [-0.2, 0) is 10.3 Å². The number of carboxylic acids is 1. The van der Waals surface area contributed by atoms with Crippen molar-refractivity contribution in [3.05, 3.63) is 35.9 Å². The lowest BCUT2D eigenvalue weighted by Crippen LogP contribution is -2.51. The first-order chi connectivity index (χ1) is 9.17. The molecule has 0 amide bonds. The Morgan fingerprint density at radius 2 is 2.00 bits per heavy atom. The molecule has 0 aromatic heterocycles. The molecule has 1 atom stereocenters. The van der Waals surface area contributed by atoms with Gasteiger partial charge >= 0.3 is 5.97 Å². The first kappa shape index (κ1) is 16.1. The van der Waals surface area contributed by atoms with Crippen LogP contribution in [0, 0.1) is 0 Å². The Hall–Kier alpha value is -1.00. The molecular weight excluding hydrogens is 258 g/mol. The van der Waals surface area contributed by atoms with Gasteiger partial charge in [0.1, 0.15) is 0 Å². The molecule has 0 radical (unpaired) electrons. The molecule has 0 saturated heterocycles. The van der Waals surface area contributed by atoms with E-state index in [1.807, 2.05) is 37.3 Å². The Morgan fingerprint density at radius 1 is 1.32 bits per heavy atom. The topological polar surface area (TPSA) is 49.3 Å². The molecule has 1 unspecified atom stereocenters. The Kier molecular flexibility index (Phi) is 6.95. The third-order valence-electron chi connectivity index (χ3n) is 3.07.